The lowest BCUT2D eigenvalue weighted by Gasteiger charge is -2.39. The fourth-order valence-corrected chi connectivity index (χ4v) is 3.50. The highest BCUT2D eigenvalue weighted by Gasteiger charge is 2.66. The molecule has 4 rings (SSSR count). The highest BCUT2D eigenvalue weighted by molar-refractivity contribution is 6.26. The molecule has 0 radical (unpaired) electrons. The van der Waals surface area contributed by atoms with Gasteiger partial charge in [-0.2, -0.15) is 0 Å². The summed E-state index contributed by atoms with van der Waals surface area (Å²) in [6.07, 6.45) is 1.14. The van der Waals surface area contributed by atoms with E-state index in [9.17, 15) is 14.7 Å². The quantitative estimate of drug-likeness (QED) is 0.805. The topological polar surface area (TPSA) is 75.6 Å². The van der Waals surface area contributed by atoms with Crippen LogP contribution >= 0.6 is 11.6 Å². The lowest BCUT2D eigenvalue weighted by Crippen LogP contribution is -2.58. The lowest BCUT2D eigenvalue weighted by molar-refractivity contribution is -0.149. The van der Waals surface area contributed by atoms with Crippen molar-refractivity contribution in [1.29, 1.82) is 0 Å². The molecule has 2 aliphatic heterocycles. The van der Waals surface area contributed by atoms with Crippen LogP contribution in [0.3, 0.4) is 0 Å². The van der Waals surface area contributed by atoms with Crippen molar-refractivity contribution in [2.75, 3.05) is 6.61 Å². The molecular formula is C15H16ClNO4. The molecule has 6 heteroatoms. The van der Waals surface area contributed by atoms with E-state index in [1.807, 2.05) is 30.3 Å². The third-order valence-electron chi connectivity index (χ3n) is 4.11. The van der Waals surface area contributed by atoms with Crippen molar-refractivity contribution >= 4 is 23.5 Å². The maximum absolute atomic E-state index is 12.3. The van der Waals surface area contributed by atoms with E-state index < -0.39 is 22.5 Å². The molecule has 0 unspecified atom stereocenters. The average Bonchev–Trinajstić information content (AvgIpc) is 2.93. The first kappa shape index (κ1) is 14.4. The summed E-state index contributed by atoms with van der Waals surface area (Å²) in [6, 6.07) is 8.23. The zero-order chi connectivity index (χ0) is 15.1. The molecule has 3 aliphatic rings. The summed E-state index contributed by atoms with van der Waals surface area (Å²) in [5.41, 5.74) is -0.0677. The normalized spacial score (nSPS) is 31.3. The van der Waals surface area contributed by atoms with E-state index in [0.717, 1.165) is 5.56 Å². The molecule has 1 saturated carbocycles. The Morgan fingerprint density at radius 1 is 1.33 bits per heavy atom. The minimum atomic E-state index is -1.06. The molecule has 112 valence electrons. The van der Waals surface area contributed by atoms with Gasteiger partial charge in [0.05, 0.1) is 11.5 Å². The molecule has 2 N–H and O–H groups in total. The van der Waals surface area contributed by atoms with E-state index in [0.29, 0.717) is 19.4 Å². The van der Waals surface area contributed by atoms with Gasteiger partial charge in [0, 0.05) is 19.3 Å². The summed E-state index contributed by atoms with van der Waals surface area (Å²) < 4.78 is 5.47. The minimum Gasteiger partial charge on any atom is -0.480 e. The molecule has 1 aromatic rings. The zero-order valence-electron chi connectivity index (χ0n) is 11.3. The van der Waals surface area contributed by atoms with Crippen molar-refractivity contribution in [3.8, 4) is 0 Å². The second-order valence-electron chi connectivity index (χ2n) is 5.84. The van der Waals surface area contributed by atoms with E-state index >= 15 is 0 Å². The van der Waals surface area contributed by atoms with Gasteiger partial charge in [-0.15, -0.1) is 11.6 Å². The number of hydrogen-bond acceptors (Lipinski definition) is 3. The Hall–Kier alpha value is -1.59. The monoisotopic (exact) mass is 309 g/mol. The first-order chi connectivity index (χ1) is 9.92. The number of rotatable bonds is 5. The van der Waals surface area contributed by atoms with Gasteiger partial charge >= 0.3 is 5.97 Å². The average molecular weight is 310 g/mol. The van der Waals surface area contributed by atoms with Crippen molar-refractivity contribution in [2.45, 2.75) is 35.8 Å². The summed E-state index contributed by atoms with van der Waals surface area (Å²) in [7, 11) is 0. The van der Waals surface area contributed by atoms with Crippen molar-refractivity contribution in [3.63, 3.8) is 0 Å². The summed E-state index contributed by atoms with van der Waals surface area (Å²) in [6.45, 7) is 0.346. The van der Waals surface area contributed by atoms with Crippen LogP contribution in [0.1, 0.15) is 18.4 Å². The number of carbonyl (C=O) groups is 2. The first-order valence-electron chi connectivity index (χ1n) is 6.83. The number of hydrogen-bond donors (Lipinski definition) is 2. The molecule has 2 saturated heterocycles. The van der Waals surface area contributed by atoms with E-state index in [2.05, 4.69) is 5.32 Å². The van der Waals surface area contributed by atoms with Crippen molar-refractivity contribution < 1.29 is 19.4 Å². The largest absolute Gasteiger partial charge is 0.480 e. The van der Waals surface area contributed by atoms with Crippen LogP contribution in [0.2, 0.25) is 0 Å². The number of amides is 1. The van der Waals surface area contributed by atoms with Crippen LogP contribution in [0.5, 0.6) is 0 Å². The number of carbonyl (C=O) groups excluding carboxylic acids is 1. The molecule has 1 aliphatic carbocycles. The van der Waals surface area contributed by atoms with E-state index in [1.54, 1.807) is 0 Å². The molecule has 0 aromatic heterocycles. The fourth-order valence-electron chi connectivity index (χ4n) is 3.01. The first-order valence-corrected chi connectivity index (χ1v) is 7.21. The van der Waals surface area contributed by atoms with Gasteiger partial charge < -0.3 is 15.2 Å². The SMILES string of the molecule is O=C(O)[C@H](Cc1ccccc1)NC(=O)C12CC(Cl)(CO1)C2. The highest BCUT2D eigenvalue weighted by atomic mass is 35.5. The van der Waals surface area contributed by atoms with Gasteiger partial charge in [-0.3, -0.25) is 4.79 Å². The minimum absolute atomic E-state index is 0.240. The van der Waals surface area contributed by atoms with Gasteiger partial charge in [-0.25, -0.2) is 4.79 Å². The maximum atomic E-state index is 12.3. The van der Waals surface area contributed by atoms with Crippen molar-refractivity contribution in [1.82, 2.24) is 5.32 Å². The molecule has 2 heterocycles. The third kappa shape index (κ3) is 2.63. The molecular weight excluding hydrogens is 294 g/mol. The molecule has 0 spiro atoms. The van der Waals surface area contributed by atoms with Crippen LogP contribution in [0.25, 0.3) is 0 Å². The number of fused-ring (bicyclic) bond motifs is 1. The van der Waals surface area contributed by atoms with E-state index in [-0.39, 0.29) is 12.3 Å². The van der Waals surface area contributed by atoms with Crippen LogP contribution < -0.4 is 5.32 Å². The van der Waals surface area contributed by atoms with Crippen molar-refractivity contribution in [3.05, 3.63) is 35.9 Å². The molecule has 2 bridgehead atoms. The number of ether oxygens (including phenoxy) is 1. The molecule has 5 nitrogen and oxygen atoms in total. The second kappa shape index (κ2) is 5.00. The van der Waals surface area contributed by atoms with Crippen LogP contribution in [0.4, 0.5) is 0 Å². The van der Waals surface area contributed by atoms with Gasteiger partial charge in [0.15, 0.2) is 0 Å². The Balaban J connectivity index is 1.66. The number of carboxylic acids is 1. The van der Waals surface area contributed by atoms with Crippen LogP contribution in [-0.4, -0.2) is 40.1 Å². The molecule has 1 atom stereocenters. The zero-order valence-corrected chi connectivity index (χ0v) is 12.1. The summed E-state index contributed by atoms with van der Waals surface area (Å²) >= 11 is 6.17. The Kier molecular flexibility index (Phi) is 3.42. The van der Waals surface area contributed by atoms with Gasteiger partial charge in [-0.1, -0.05) is 30.3 Å². The standard InChI is InChI=1S/C15H16ClNO4/c16-14-7-15(8-14,21-9-14)13(20)17-11(12(18)19)6-10-4-2-1-3-5-10/h1-5,11H,6-9H2,(H,17,20)(H,18,19)/t11-,14?,15?/m0/s1. The van der Waals surface area contributed by atoms with Crippen LogP contribution in [0.15, 0.2) is 30.3 Å². The summed E-state index contributed by atoms with van der Waals surface area (Å²) in [5.74, 6) is -1.43. The maximum Gasteiger partial charge on any atom is 0.326 e. The fraction of sp³-hybridized carbons (Fsp3) is 0.467. The number of carboxylic acid groups (broad SMARTS) is 1. The third-order valence-corrected chi connectivity index (χ3v) is 4.49. The van der Waals surface area contributed by atoms with E-state index in [4.69, 9.17) is 16.3 Å². The van der Waals surface area contributed by atoms with Crippen molar-refractivity contribution in [2.24, 2.45) is 0 Å². The van der Waals surface area contributed by atoms with Gasteiger partial charge in [-0.05, 0) is 5.56 Å². The second-order valence-corrected chi connectivity index (χ2v) is 6.64. The molecule has 21 heavy (non-hydrogen) atoms. The van der Waals surface area contributed by atoms with Gasteiger partial charge in [0.2, 0.25) is 0 Å². The number of nitrogens with one attached hydrogen (secondary N) is 1. The summed E-state index contributed by atoms with van der Waals surface area (Å²) in [5, 5.41) is 11.9. The number of alkyl halides is 1. The molecule has 1 amide bonds. The molecule has 1 aromatic carbocycles. The Bertz CT molecular complexity index is 568. The predicted octanol–water partition coefficient (Wildman–Crippen LogP) is 1.34. The lowest BCUT2D eigenvalue weighted by atomic mass is 9.73. The predicted molar refractivity (Wildman–Crippen MR) is 76.2 cm³/mol. The van der Waals surface area contributed by atoms with Crippen LogP contribution in [-0.2, 0) is 20.7 Å². The number of halogens is 1. The smallest absolute Gasteiger partial charge is 0.326 e. The Morgan fingerprint density at radius 2 is 2.00 bits per heavy atom. The Labute approximate surface area is 127 Å². The number of aliphatic carboxylic acids is 1. The van der Waals surface area contributed by atoms with E-state index in [1.165, 1.54) is 0 Å². The van der Waals surface area contributed by atoms with Crippen LogP contribution in [0, 0.1) is 0 Å². The highest BCUT2D eigenvalue weighted by Crippen LogP contribution is 2.55. The number of benzene rings is 1. The summed E-state index contributed by atoms with van der Waals surface area (Å²) in [4.78, 5) is 23.2. The molecule has 3 fully saturated rings. The van der Waals surface area contributed by atoms with Gasteiger partial charge in [0.25, 0.3) is 5.91 Å². The van der Waals surface area contributed by atoms with Gasteiger partial charge in [0.1, 0.15) is 11.6 Å². The Morgan fingerprint density at radius 3 is 2.52 bits per heavy atom.